The molecule has 0 aromatic heterocycles. The van der Waals surface area contributed by atoms with Crippen LogP contribution in [0, 0.1) is 0 Å². The number of aromatic hydroxyl groups is 2. The molecule has 0 saturated carbocycles. The Labute approximate surface area is 107 Å². The van der Waals surface area contributed by atoms with E-state index in [1.54, 1.807) is 12.1 Å². The van der Waals surface area contributed by atoms with E-state index in [4.69, 9.17) is 0 Å². The lowest BCUT2D eigenvalue weighted by Gasteiger charge is -2.10. The maximum absolute atomic E-state index is 9.43. The van der Waals surface area contributed by atoms with Crippen molar-refractivity contribution in [3.63, 3.8) is 0 Å². The van der Waals surface area contributed by atoms with Gasteiger partial charge >= 0.3 is 0 Å². The summed E-state index contributed by atoms with van der Waals surface area (Å²) in [4.78, 5) is 2.08. The summed E-state index contributed by atoms with van der Waals surface area (Å²) < 4.78 is 0. The monoisotopic (exact) mass is 253 g/mol. The van der Waals surface area contributed by atoms with Gasteiger partial charge in [-0.1, -0.05) is 12.1 Å². The van der Waals surface area contributed by atoms with Crippen molar-refractivity contribution in [3.8, 4) is 11.5 Å². The van der Waals surface area contributed by atoms with Crippen LogP contribution in [-0.4, -0.2) is 29.2 Å². The average Bonchev–Trinajstić information content (AvgIpc) is 2.19. The van der Waals surface area contributed by atoms with Crippen LogP contribution in [0.25, 0.3) is 10.8 Å². The van der Waals surface area contributed by atoms with E-state index >= 15 is 0 Å². The number of hydrogen-bond acceptors (Lipinski definition) is 3. The Morgan fingerprint density at radius 2 is 1.53 bits per heavy atom. The second kappa shape index (κ2) is 5.25. The molecule has 0 saturated heterocycles. The first-order valence-electron chi connectivity index (χ1n) is 5.15. The number of phenolic OH excluding ortho intramolecular Hbond substituents is 2. The molecule has 0 heterocycles. The van der Waals surface area contributed by atoms with Gasteiger partial charge in [0.1, 0.15) is 0 Å². The van der Waals surface area contributed by atoms with Crippen LogP contribution in [-0.2, 0) is 6.54 Å². The zero-order valence-electron chi connectivity index (χ0n) is 9.84. The van der Waals surface area contributed by atoms with Crippen molar-refractivity contribution in [1.29, 1.82) is 0 Å². The second-order valence-electron chi connectivity index (χ2n) is 4.26. The molecule has 17 heavy (non-hydrogen) atoms. The van der Waals surface area contributed by atoms with Crippen LogP contribution >= 0.6 is 12.4 Å². The molecule has 0 spiro atoms. The standard InChI is InChI=1S/C13H15NO2.ClH/c1-14(2)8-9-3-4-10-6-12(15)13(16)7-11(10)5-9;/h3-7,15-16H,8H2,1-2H3;1H. The topological polar surface area (TPSA) is 43.7 Å². The van der Waals surface area contributed by atoms with E-state index in [-0.39, 0.29) is 23.9 Å². The van der Waals surface area contributed by atoms with E-state index in [1.807, 2.05) is 32.3 Å². The maximum atomic E-state index is 9.43. The molecular formula is C13H16ClNO2. The van der Waals surface area contributed by atoms with Crippen LogP contribution in [0.4, 0.5) is 0 Å². The SMILES string of the molecule is CN(C)Cc1ccc2cc(O)c(O)cc2c1.Cl. The molecule has 2 aromatic rings. The average molecular weight is 254 g/mol. The Kier molecular flexibility index (Phi) is 4.21. The summed E-state index contributed by atoms with van der Waals surface area (Å²) in [6.07, 6.45) is 0. The predicted molar refractivity (Wildman–Crippen MR) is 71.9 cm³/mol. The normalized spacial score (nSPS) is 10.5. The van der Waals surface area contributed by atoms with Gasteiger partial charge in [0.2, 0.25) is 0 Å². The summed E-state index contributed by atoms with van der Waals surface area (Å²) in [5, 5.41) is 20.7. The fourth-order valence-corrected chi connectivity index (χ4v) is 1.79. The molecule has 3 nitrogen and oxygen atoms in total. The van der Waals surface area contributed by atoms with Gasteiger partial charge in [0.25, 0.3) is 0 Å². The molecule has 0 unspecified atom stereocenters. The number of fused-ring (bicyclic) bond motifs is 1. The number of benzene rings is 2. The van der Waals surface area contributed by atoms with Crippen molar-refractivity contribution < 1.29 is 10.2 Å². The molecule has 2 N–H and O–H groups in total. The van der Waals surface area contributed by atoms with Crippen molar-refractivity contribution >= 4 is 23.2 Å². The summed E-state index contributed by atoms with van der Waals surface area (Å²) in [6, 6.07) is 9.16. The molecule has 0 aliphatic heterocycles. The molecule has 2 aromatic carbocycles. The molecule has 0 aliphatic carbocycles. The number of hydrogen-bond donors (Lipinski definition) is 2. The van der Waals surface area contributed by atoms with Crippen LogP contribution in [0.15, 0.2) is 30.3 Å². The highest BCUT2D eigenvalue weighted by Gasteiger charge is 2.03. The Balaban J connectivity index is 0.00000144. The van der Waals surface area contributed by atoms with Crippen molar-refractivity contribution in [3.05, 3.63) is 35.9 Å². The molecule has 92 valence electrons. The molecule has 4 heteroatoms. The lowest BCUT2D eigenvalue weighted by atomic mass is 10.1. The summed E-state index contributed by atoms with van der Waals surface area (Å²) in [5.41, 5.74) is 1.18. The van der Waals surface area contributed by atoms with Crippen molar-refractivity contribution in [2.75, 3.05) is 14.1 Å². The van der Waals surface area contributed by atoms with Gasteiger partial charge in [-0.05, 0) is 48.6 Å². The maximum Gasteiger partial charge on any atom is 0.158 e. The van der Waals surface area contributed by atoms with Gasteiger partial charge in [0.05, 0.1) is 0 Å². The Bertz CT molecular complexity index is 526. The molecule has 0 aliphatic rings. The fourth-order valence-electron chi connectivity index (χ4n) is 1.79. The third-order valence-electron chi connectivity index (χ3n) is 2.50. The number of phenols is 2. The molecule has 0 fully saturated rings. The van der Waals surface area contributed by atoms with Crippen molar-refractivity contribution in [2.24, 2.45) is 0 Å². The summed E-state index contributed by atoms with van der Waals surface area (Å²) in [7, 11) is 4.02. The van der Waals surface area contributed by atoms with Gasteiger partial charge in [0.15, 0.2) is 11.5 Å². The van der Waals surface area contributed by atoms with E-state index in [0.717, 1.165) is 17.3 Å². The van der Waals surface area contributed by atoms with E-state index < -0.39 is 0 Å². The van der Waals surface area contributed by atoms with Crippen LogP contribution in [0.5, 0.6) is 11.5 Å². The summed E-state index contributed by atoms with van der Waals surface area (Å²) in [6.45, 7) is 0.859. The molecule has 0 radical (unpaired) electrons. The minimum atomic E-state index is -0.0761. The first kappa shape index (κ1) is 13.6. The minimum absolute atomic E-state index is 0. The van der Waals surface area contributed by atoms with Gasteiger partial charge in [-0.25, -0.2) is 0 Å². The van der Waals surface area contributed by atoms with Crippen LogP contribution < -0.4 is 0 Å². The highest BCUT2D eigenvalue weighted by atomic mass is 35.5. The largest absolute Gasteiger partial charge is 0.504 e. The Hall–Kier alpha value is -1.45. The first-order valence-corrected chi connectivity index (χ1v) is 5.15. The highest BCUT2D eigenvalue weighted by Crippen LogP contribution is 2.30. The zero-order chi connectivity index (χ0) is 11.7. The fraction of sp³-hybridized carbons (Fsp3) is 0.231. The third kappa shape index (κ3) is 3.02. The molecule has 0 bridgehead atoms. The molecule has 0 amide bonds. The lowest BCUT2D eigenvalue weighted by Crippen LogP contribution is -2.10. The number of rotatable bonds is 2. The minimum Gasteiger partial charge on any atom is -0.504 e. The number of nitrogens with zero attached hydrogens (tertiary/aromatic N) is 1. The van der Waals surface area contributed by atoms with Gasteiger partial charge in [-0.15, -0.1) is 12.4 Å². The van der Waals surface area contributed by atoms with Crippen molar-refractivity contribution in [1.82, 2.24) is 4.90 Å². The smallest absolute Gasteiger partial charge is 0.158 e. The second-order valence-corrected chi connectivity index (χ2v) is 4.26. The summed E-state index contributed by atoms with van der Waals surface area (Å²) in [5.74, 6) is -0.151. The van der Waals surface area contributed by atoms with Gasteiger partial charge in [-0.3, -0.25) is 0 Å². The Morgan fingerprint density at radius 3 is 2.12 bits per heavy atom. The van der Waals surface area contributed by atoms with E-state index in [1.165, 1.54) is 5.56 Å². The van der Waals surface area contributed by atoms with Crippen LogP contribution in [0.2, 0.25) is 0 Å². The molecule has 2 rings (SSSR count). The van der Waals surface area contributed by atoms with Gasteiger partial charge in [0, 0.05) is 6.54 Å². The van der Waals surface area contributed by atoms with Crippen LogP contribution in [0.3, 0.4) is 0 Å². The van der Waals surface area contributed by atoms with Crippen LogP contribution in [0.1, 0.15) is 5.56 Å². The van der Waals surface area contributed by atoms with E-state index in [9.17, 15) is 10.2 Å². The molecular weight excluding hydrogens is 238 g/mol. The highest BCUT2D eigenvalue weighted by molar-refractivity contribution is 5.86. The van der Waals surface area contributed by atoms with E-state index in [2.05, 4.69) is 4.90 Å². The predicted octanol–water partition coefficient (Wildman–Crippen LogP) is 2.73. The molecule has 0 atom stereocenters. The number of halogens is 1. The Morgan fingerprint density at radius 1 is 0.941 bits per heavy atom. The summed E-state index contributed by atoms with van der Waals surface area (Å²) >= 11 is 0. The van der Waals surface area contributed by atoms with E-state index in [0.29, 0.717) is 0 Å². The quantitative estimate of drug-likeness (QED) is 0.809. The van der Waals surface area contributed by atoms with Gasteiger partial charge < -0.3 is 15.1 Å². The first-order chi connectivity index (χ1) is 7.56. The zero-order valence-corrected chi connectivity index (χ0v) is 10.7. The van der Waals surface area contributed by atoms with Crippen molar-refractivity contribution in [2.45, 2.75) is 6.54 Å². The third-order valence-corrected chi connectivity index (χ3v) is 2.50. The van der Waals surface area contributed by atoms with Gasteiger partial charge in [-0.2, -0.15) is 0 Å². The lowest BCUT2D eigenvalue weighted by molar-refractivity contribution is 0.402.